The molecule has 1 amide bonds. The number of anilines is 1. The molecule has 0 radical (unpaired) electrons. The SMILES string of the molecule is CCNC(=O)c1cccc(NC2CC2)n1. The predicted octanol–water partition coefficient (Wildman–Crippen LogP) is 1.41. The van der Waals surface area contributed by atoms with E-state index in [0.717, 1.165) is 5.82 Å². The molecule has 15 heavy (non-hydrogen) atoms. The number of pyridine rings is 1. The van der Waals surface area contributed by atoms with Gasteiger partial charge in [0.25, 0.3) is 5.91 Å². The van der Waals surface area contributed by atoms with Gasteiger partial charge < -0.3 is 10.6 Å². The van der Waals surface area contributed by atoms with Gasteiger partial charge in [0, 0.05) is 12.6 Å². The summed E-state index contributed by atoms with van der Waals surface area (Å²) in [5.41, 5.74) is 0.475. The molecule has 0 unspecified atom stereocenters. The van der Waals surface area contributed by atoms with Crippen LogP contribution >= 0.6 is 0 Å². The van der Waals surface area contributed by atoms with Crippen LogP contribution in [0.15, 0.2) is 18.2 Å². The Hall–Kier alpha value is -1.58. The highest BCUT2D eigenvalue weighted by Gasteiger charge is 2.21. The monoisotopic (exact) mass is 205 g/mol. The van der Waals surface area contributed by atoms with Crippen LogP contribution < -0.4 is 10.6 Å². The first-order chi connectivity index (χ1) is 7.29. The molecule has 4 nitrogen and oxygen atoms in total. The molecule has 1 aliphatic carbocycles. The van der Waals surface area contributed by atoms with Gasteiger partial charge in [-0.15, -0.1) is 0 Å². The summed E-state index contributed by atoms with van der Waals surface area (Å²) in [6.07, 6.45) is 2.40. The summed E-state index contributed by atoms with van der Waals surface area (Å²) in [7, 11) is 0. The summed E-state index contributed by atoms with van der Waals surface area (Å²) in [4.78, 5) is 15.7. The molecule has 0 atom stereocenters. The van der Waals surface area contributed by atoms with E-state index in [9.17, 15) is 4.79 Å². The van der Waals surface area contributed by atoms with Crippen LogP contribution in [0.3, 0.4) is 0 Å². The van der Waals surface area contributed by atoms with Crippen LogP contribution in [0.4, 0.5) is 5.82 Å². The molecule has 0 spiro atoms. The predicted molar refractivity (Wildman–Crippen MR) is 58.9 cm³/mol. The van der Waals surface area contributed by atoms with Gasteiger partial charge in [-0.25, -0.2) is 4.98 Å². The fourth-order valence-corrected chi connectivity index (χ4v) is 1.33. The van der Waals surface area contributed by atoms with E-state index in [1.807, 2.05) is 19.1 Å². The van der Waals surface area contributed by atoms with Gasteiger partial charge in [-0.2, -0.15) is 0 Å². The van der Waals surface area contributed by atoms with Crippen LogP contribution in [0.5, 0.6) is 0 Å². The van der Waals surface area contributed by atoms with E-state index >= 15 is 0 Å². The van der Waals surface area contributed by atoms with Crippen molar-refractivity contribution in [2.45, 2.75) is 25.8 Å². The van der Waals surface area contributed by atoms with Crippen molar-refractivity contribution in [2.24, 2.45) is 0 Å². The maximum absolute atomic E-state index is 11.5. The van der Waals surface area contributed by atoms with E-state index in [4.69, 9.17) is 0 Å². The number of carbonyl (C=O) groups is 1. The number of carbonyl (C=O) groups excluding carboxylic acids is 1. The quantitative estimate of drug-likeness (QED) is 0.781. The minimum Gasteiger partial charge on any atom is -0.367 e. The minimum absolute atomic E-state index is 0.114. The van der Waals surface area contributed by atoms with Crippen molar-refractivity contribution >= 4 is 11.7 Å². The summed E-state index contributed by atoms with van der Waals surface area (Å²) in [5, 5.41) is 5.99. The van der Waals surface area contributed by atoms with Crippen molar-refractivity contribution in [3.8, 4) is 0 Å². The molecule has 80 valence electrons. The van der Waals surface area contributed by atoms with Crippen molar-refractivity contribution < 1.29 is 4.79 Å². The summed E-state index contributed by atoms with van der Waals surface area (Å²) >= 11 is 0. The molecule has 1 heterocycles. The molecular weight excluding hydrogens is 190 g/mol. The molecule has 0 saturated heterocycles. The molecule has 1 aromatic rings. The summed E-state index contributed by atoms with van der Waals surface area (Å²) in [6, 6.07) is 6.02. The van der Waals surface area contributed by atoms with E-state index in [0.29, 0.717) is 18.3 Å². The zero-order valence-electron chi connectivity index (χ0n) is 8.79. The first kappa shape index (κ1) is 9.96. The van der Waals surface area contributed by atoms with Gasteiger partial charge in [0.05, 0.1) is 0 Å². The first-order valence-electron chi connectivity index (χ1n) is 5.31. The molecule has 0 aromatic carbocycles. The molecule has 1 saturated carbocycles. The molecule has 2 rings (SSSR count). The normalized spacial score (nSPS) is 14.7. The van der Waals surface area contributed by atoms with Gasteiger partial charge in [-0.3, -0.25) is 4.79 Å². The fourth-order valence-electron chi connectivity index (χ4n) is 1.33. The molecule has 0 bridgehead atoms. The highest BCUT2D eigenvalue weighted by molar-refractivity contribution is 5.92. The van der Waals surface area contributed by atoms with Crippen LogP contribution in [0.1, 0.15) is 30.3 Å². The number of amides is 1. The molecule has 0 aliphatic heterocycles. The minimum atomic E-state index is -0.114. The number of rotatable bonds is 4. The number of nitrogens with zero attached hydrogens (tertiary/aromatic N) is 1. The maximum atomic E-state index is 11.5. The van der Waals surface area contributed by atoms with Gasteiger partial charge in [-0.05, 0) is 31.9 Å². The lowest BCUT2D eigenvalue weighted by Gasteiger charge is -2.05. The van der Waals surface area contributed by atoms with Crippen molar-refractivity contribution in [1.82, 2.24) is 10.3 Å². The third-order valence-electron chi connectivity index (χ3n) is 2.25. The molecule has 1 aromatic heterocycles. The summed E-state index contributed by atoms with van der Waals surface area (Å²) in [5.74, 6) is 0.679. The Bertz CT molecular complexity index is 361. The van der Waals surface area contributed by atoms with Crippen molar-refractivity contribution in [3.05, 3.63) is 23.9 Å². The summed E-state index contributed by atoms with van der Waals surface area (Å²) in [6.45, 7) is 2.52. The second-order valence-corrected chi connectivity index (χ2v) is 3.69. The third-order valence-corrected chi connectivity index (χ3v) is 2.25. The lowest BCUT2D eigenvalue weighted by molar-refractivity contribution is 0.0951. The fraction of sp³-hybridized carbons (Fsp3) is 0.455. The zero-order chi connectivity index (χ0) is 10.7. The van der Waals surface area contributed by atoms with E-state index < -0.39 is 0 Å². The molecule has 1 aliphatic rings. The number of hydrogen-bond acceptors (Lipinski definition) is 3. The Kier molecular flexibility index (Phi) is 2.85. The number of nitrogens with one attached hydrogen (secondary N) is 2. The molecular formula is C11H15N3O. The standard InChI is InChI=1S/C11H15N3O/c1-2-12-11(15)9-4-3-5-10(14-9)13-8-6-7-8/h3-5,8H,2,6-7H2,1H3,(H,12,15)(H,13,14). The highest BCUT2D eigenvalue weighted by atomic mass is 16.1. The van der Waals surface area contributed by atoms with Gasteiger partial charge >= 0.3 is 0 Å². The number of aromatic nitrogens is 1. The Morgan fingerprint density at radius 1 is 1.53 bits per heavy atom. The average Bonchev–Trinajstić information content (AvgIpc) is 3.03. The molecule has 1 fully saturated rings. The van der Waals surface area contributed by atoms with Crippen molar-refractivity contribution in [3.63, 3.8) is 0 Å². The summed E-state index contributed by atoms with van der Waals surface area (Å²) < 4.78 is 0. The highest BCUT2D eigenvalue weighted by Crippen LogP contribution is 2.23. The molecule has 2 N–H and O–H groups in total. The van der Waals surface area contributed by atoms with E-state index in [1.165, 1.54) is 12.8 Å². The van der Waals surface area contributed by atoms with E-state index in [1.54, 1.807) is 6.07 Å². The van der Waals surface area contributed by atoms with Crippen LogP contribution in [0.2, 0.25) is 0 Å². The largest absolute Gasteiger partial charge is 0.367 e. The Balaban J connectivity index is 2.06. The van der Waals surface area contributed by atoms with Gasteiger partial charge in [0.1, 0.15) is 11.5 Å². The Morgan fingerprint density at radius 3 is 3.00 bits per heavy atom. The lowest BCUT2D eigenvalue weighted by Crippen LogP contribution is -2.24. The van der Waals surface area contributed by atoms with Gasteiger partial charge in [0.15, 0.2) is 0 Å². The van der Waals surface area contributed by atoms with Gasteiger partial charge in [-0.1, -0.05) is 6.07 Å². The zero-order valence-corrected chi connectivity index (χ0v) is 8.79. The van der Waals surface area contributed by atoms with Crippen LogP contribution in [-0.2, 0) is 0 Å². The smallest absolute Gasteiger partial charge is 0.269 e. The lowest BCUT2D eigenvalue weighted by atomic mass is 10.3. The number of hydrogen-bond donors (Lipinski definition) is 2. The maximum Gasteiger partial charge on any atom is 0.269 e. The van der Waals surface area contributed by atoms with Crippen molar-refractivity contribution in [1.29, 1.82) is 0 Å². The first-order valence-corrected chi connectivity index (χ1v) is 5.31. The molecule has 4 heteroatoms. The van der Waals surface area contributed by atoms with E-state index in [2.05, 4.69) is 15.6 Å². The Labute approximate surface area is 89.1 Å². The van der Waals surface area contributed by atoms with Gasteiger partial charge in [0.2, 0.25) is 0 Å². The van der Waals surface area contributed by atoms with Crippen molar-refractivity contribution in [2.75, 3.05) is 11.9 Å². The second-order valence-electron chi connectivity index (χ2n) is 3.69. The van der Waals surface area contributed by atoms with E-state index in [-0.39, 0.29) is 5.91 Å². The van der Waals surface area contributed by atoms with Crippen LogP contribution in [0, 0.1) is 0 Å². The second kappa shape index (κ2) is 4.29. The average molecular weight is 205 g/mol. The topological polar surface area (TPSA) is 54.0 Å². The van der Waals surface area contributed by atoms with Crippen LogP contribution in [-0.4, -0.2) is 23.5 Å². The van der Waals surface area contributed by atoms with Crippen LogP contribution in [0.25, 0.3) is 0 Å². The Morgan fingerprint density at radius 2 is 2.33 bits per heavy atom. The third kappa shape index (κ3) is 2.68.